The molecule has 8 heteroatoms. The number of nitrogens with zero attached hydrogens (tertiary/aromatic N) is 1. The molecule has 1 aromatic heterocycles. The lowest BCUT2D eigenvalue weighted by atomic mass is 10.2. The standard InChI is InChI=1S/C22H22N2O5S/c1-13-20(30-22(23-13)14-5-7-16(26-2)18(11-14)27-3)21(25)24-15-6-8-17-19(12-15)29-10-4-9-28-17/h5-8,11-12H,4,9-10H2,1-3H3,(H,24,25). The molecule has 4 rings (SSSR count). The first-order chi connectivity index (χ1) is 14.6. The normalized spacial score (nSPS) is 12.8. The van der Waals surface area contributed by atoms with Crippen molar-refractivity contribution in [1.82, 2.24) is 4.98 Å². The highest BCUT2D eigenvalue weighted by Gasteiger charge is 2.19. The second-order valence-electron chi connectivity index (χ2n) is 6.67. The molecule has 0 saturated carbocycles. The zero-order valence-corrected chi connectivity index (χ0v) is 17.8. The van der Waals surface area contributed by atoms with Crippen molar-refractivity contribution in [1.29, 1.82) is 0 Å². The van der Waals surface area contributed by atoms with E-state index in [2.05, 4.69) is 10.3 Å². The van der Waals surface area contributed by atoms with Gasteiger partial charge >= 0.3 is 0 Å². The minimum absolute atomic E-state index is 0.216. The molecule has 7 nitrogen and oxygen atoms in total. The van der Waals surface area contributed by atoms with E-state index < -0.39 is 0 Å². The summed E-state index contributed by atoms with van der Waals surface area (Å²) in [5, 5.41) is 3.66. The van der Waals surface area contributed by atoms with Crippen molar-refractivity contribution in [3.8, 4) is 33.6 Å². The Balaban J connectivity index is 1.56. The Hall–Kier alpha value is -3.26. The van der Waals surface area contributed by atoms with Crippen molar-refractivity contribution in [2.75, 3.05) is 32.8 Å². The van der Waals surface area contributed by atoms with Crippen LogP contribution in [0.4, 0.5) is 5.69 Å². The highest BCUT2D eigenvalue weighted by molar-refractivity contribution is 7.17. The van der Waals surface area contributed by atoms with Gasteiger partial charge in [-0.25, -0.2) is 4.98 Å². The summed E-state index contributed by atoms with van der Waals surface area (Å²) < 4.78 is 22.0. The molecule has 0 saturated heterocycles. The quantitative estimate of drug-likeness (QED) is 0.645. The minimum atomic E-state index is -0.216. The number of anilines is 1. The maximum Gasteiger partial charge on any atom is 0.267 e. The molecule has 1 N–H and O–H groups in total. The lowest BCUT2D eigenvalue weighted by molar-refractivity contribution is 0.103. The number of aromatic nitrogens is 1. The number of fused-ring (bicyclic) bond motifs is 1. The predicted octanol–water partition coefficient (Wildman–Crippen LogP) is 4.55. The molecule has 0 unspecified atom stereocenters. The summed E-state index contributed by atoms with van der Waals surface area (Å²) in [7, 11) is 3.18. The predicted molar refractivity (Wildman–Crippen MR) is 115 cm³/mol. The van der Waals surface area contributed by atoms with Crippen LogP contribution in [-0.2, 0) is 0 Å². The van der Waals surface area contributed by atoms with Crippen LogP contribution >= 0.6 is 11.3 Å². The molecule has 1 amide bonds. The fraction of sp³-hybridized carbons (Fsp3) is 0.273. The van der Waals surface area contributed by atoms with E-state index in [1.165, 1.54) is 11.3 Å². The fourth-order valence-electron chi connectivity index (χ4n) is 3.13. The number of hydrogen-bond acceptors (Lipinski definition) is 7. The summed E-state index contributed by atoms with van der Waals surface area (Å²) in [6, 6.07) is 11.0. The zero-order chi connectivity index (χ0) is 21.1. The van der Waals surface area contributed by atoms with Crippen LogP contribution in [0.25, 0.3) is 10.6 Å². The largest absolute Gasteiger partial charge is 0.493 e. The third-order valence-corrected chi connectivity index (χ3v) is 5.84. The van der Waals surface area contributed by atoms with E-state index in [4.69, 9.17) is 18.9 Å². The van der Waals surface area contributed by atoms with Gasteiger partial charge in [0.25, 0.3) is 5.91 Å². The van der Waals surface area contributed by atoms with E-state index in [0.717, 1.165) is 17.0 Å². The van der Waals surface area contributed by atoms with Crippen molar-refractivity contribution in [2.24, 2.45) is 0 Å². The summed E-state index contributed by atoms with van der Waals surface area (Å²) in [4.78, 5) is 18.0. The first-order valence-corrected chi connectivity index (χ1v) is 10.3. The van der Waals surface area contributed by atoms with Crippen molar-refractivity contribution in [3.05, 3.63) is 47.0 Å². The highest BCUT2D eigenvalue weighted by Crippen LogP contribution is 2.36. The van der Waals surface area contributed by atoms with Crippen molar-refractivity contribution < 1.29 is 23.7 Å². The van der Waals surface area contributed by atoms with Gasteiger partial charge in [-0.05, 0) is 37.3 Å². The number of ether oxygens (including phenoxy) is 4. The first kappa shape index (κ1) is 20.0. The minimum Gasteiger partial charge on any atom is -0.493 e. The van der Waals surface area contributed by atoms with Crippen LogP contribution in [0.5, 0.6) is 23.0 Å². The molecular weight excluding hydrogens is 404 g/mol. The van der Waals surface area contributed by atoms with E-state index in [1.807, 2.05) is 31.2 Å². The van der Waals surface area contributed by atoms with Gasteiger partial charge in [-0.1, -0.05) is 0 Å². The van der Waals surface area contributed by atoms with Gasteiger partial charge in [0.2, 0.25) is 0 Å². The lowest BCUT2D eigenvalue weighted by Gasteiger charge is -2.10. The third-order valence-electron chi connectivity index (χ3n) is 4.64. The molecule has 3 aromatic rings. The van der Waals surface area contributed by atoms with E-state index in [-0.39, 0.29) is 5.91 Å². The Morgan fingerprint density at radius 1 is 1.03 bits per heavy atom. The molecule has 1 aliphatic heterocycles. The number of carbonyl (C=O) groups is 1. The van der Waals surface area contributed by atoms with Gasteiger partial charge in [-0.3, -0.25) is 4.79 Å². The molecule has 1 aliphatic rings. The summed E-state index contributed by atoms with van der Waals surface area (Å²) in [5.74, 6) is 2.36. The van der Waals surface area contributed by atoms with Crippen LogP contribution in [0.15, 0.2) is 36.4 Å². The maximum absolute atomic E-state index is 12.9. The Bertz CT molecular complexity index is 1080. The number of hydrogen-bond donors (Lipinski definition) is 1. The molecule has 0 spiro atoms. The van der Waals surface area contributed by atoms with E-state index in [0.29, 0.717) is 52.5 Å². The molecular formula is C22H22N2O5S. The van der Waals surface area contributed by atoms with Crippen LogP contribution in [0.3, 0.4) is 0 Å². The molecule has 30 heavy (non-hydrogen) atoms. The molecule has 0 aliphatic carbocycles. The SMILES string of the molecule is COc1ccc(-c2nc(C)c(C(=O)Nc3ccc4c(c3)OCCCO4)s2)cc1OC. The summed E-state index contributed by atoms with van der Waals surface area (Å²) in [6.07, 6.45) is 0.829. The average Bonchev–Trinajstić information content (AvgIpc) is 3.00. The molecule has 0 radical (unpaired) electrons. The van der Waals surface area contributed by atoms with Crippen molar-refractivity contribution >= 4 is 22.9 Å². The fourth-order valence-corrected chi connectivity index (χ4v) is 4.09. The molecule has 0 fully saturated rings. The second kappa shape index (κ2) is 8.62. The molecule has 2 aromatic carbocycles. The average molecular weight is 426 g/mol. The number of rotatable bonds is 5. The van der Waals surface area contributed by atoms with Gasteiger partial charge in [-0.2, -0.15) is 0 Å². The maximum atomic E-state index is 12.9. The summed E-state index contributed by atoms with van der Waals surface area (Å²) in [5.41, 5.74) is 2.16. The van der Waals surface area contributed by atoms with Gasteiger partial charge in [-0.15, -0.1) is 11.3 Å². The van der Waals surface area contributed by atoms with E-state index >= 15 is 0 Å². The van der Waals surface area contributed by atoms with Gasteiger partial charge in [0.05, 0.1) is 33.1 Å². The lowest BCUT2D eigenvalue weighted by Crippen LogP contribution is -2.11. The Morgan fingerprint density at radius 2 is 1.80 bits per heavy atom. The number of amides is 1. The van der Waals surface area contributed by atoms with Crippen molar-refractivity contribution in [3.63, 3.8) is 0 Å². The number of benzene rings is 2. The smallest absolute Gasteiger partial charge is 0.267 e. The summed E-state index contributed by atoms with van der Waals surface area (Å²) in [6.45, 7) is 3.04. The van der Waals surface area contributed by atoms with Crippen LogP contribution < -0.4 is 24.3 Å². The highest BCUT2D eigenvalue weighted by atomic mass is 32.1. The van der Waals surface area contributed by atoms with Crippen LogP contribution in [-0.4, -0.2) is 38.3 Å². The van der Waals surface area contributed by atoms with E-state index in [1.54, 1.807) is 26.4 Å². The summed E-state index contributed by atoms with van der Waals surface area (Å²) >= 11 is 1.33. The molecule has 2 heterocycles. The number of carbonyl (C=O) groups excluding carboxylic acids is 1. The van der Waals surface area contributed by atoms with Gasteiger partial charge in [0, 0.05) is 23.7 Å². The number of methoxy groups -OCH3 is 2. The monoisotopic (exact) mass is 426 g/mol. The second-order valence-corrected chi connectivity index (χ2v) is 7.67. The Morgan fingerprint density at radius 3 is 2.57 bits per heavy atom. The number of thiazole rings is 1. The molecule has 0 atom stereocenters. The molecule has 156 valence electrons. The number of nitrogens with one attached hydrogen (secondary N) is 1. The van der Waals surface area contributed by atoms with Crippen LogP contribution in [0.1, 0.15) is 21.8 Å². The van der Waals surface area contributed by atoms with Gasteiger partial charge in [0.15, 0.2) is 23.0 Å². The zero-order valence-electron chi connectivity index (χ0n) is 17.0. The van der Waals surface area contributed by atoms with Crippen LogP contribution in [0, 0.1) is 6.92 Å². The van der Waals surface area contributed by atoms with Gasteiger partial charge in [0.1, 0.15) is 9.88 Å². The van der Waals surface area contributed by atoms with E-state index in [9.17, 15) is 4.79 Å². The first-order valence-electron chi connectivity index (χ1n) is 9.50. The number of aryl methyl sites for hydroxylation is 1. The van der Waals surface area contributed by atoms with Gasteiger partial charge < -0.3 is 24.3 Å². The topological polar surface area (TPSA) is 78.9 Å². The molecule has 0 bridgehead atoms. The van der Waals surface area contributed by atoms with Crippen molar-refractivity contribution in [2.45, 2.75) is 13.3 Å². The van der Waals surface area contributed by atoms with Crippen LogP contribution in [0.2, 0.25) is 0 Å². The Labute approximate surface area is 178 Å². The Kier molecular flexibility index (Phi) is 5.76. The third kappa shape index (κ3) is 4.04.